The molecule has 0 unspecified atom stereocenters. The molecule has 1 heterocycles. The molecule has 1 aliphatic rings. The number of imide groups is 1. The van der Waals surface area contributed by atoms with Crippen LogP contribution in [0.25, 0.3) is 6.08 Å². The summed E-state index contributed by atoms with van der Waals surface area (Å²) >= 11 is 7.58. The summed E-state index contributed by atoms with van der Waals surface area (Å²) in [5.41, 5.74) is 1.26. The molecular weight excluding hydrogens is 498 g/mol. The number of ether oxygens (including phenoxy) is 1. The Hall–Kier alpha value is -1.77. The van der Waals surface area contributed by atoms with Crippen molar-refractivity contribution in [2.75, 3.05) is 6.61 Å². The van der Waals surface area contributed by atoms with Crippen molar-refractivity contribution in [2.45, 2.75) is 13.5 Å². The molecule has 0 radical (unpaired) electrons. The normalized spacial score (nSPS) is 15.7. The fourth-order valence-electron chi connectivity index (χ4n) is 2.52. The third-order valence-electron chi connectivity index (χ3n) is 3.78. The van der Waals surface area contributed by atoms with Gasteiger partial charge in [0.15, 0.2) is 11.5 Å². The highest BCUT2D eigenvalue weighted by molar-refractivity contribution is 9.10. The van der Waals surface area contributed by atoms with Gasteiger partial charge in [0.1, 0.15) is 0 Å². The predicted molar refractivity (Wildman–Crippen MR) is 113 cm³/mol. The van der Waals surface area contributed by atoms with Crippen molar-refractivity contribution in [1.29, 1.82) is 0 Å². The van der Waals surface area contributed by atoms with E-state index in [-0.39, 0.29) is 28.3 Å². The summed E-state index contributed by atoms with van der Waals surface area (Å²) in [7, 11) is 0. The Kier molecular flexibility index (Phi) is 6.29. The molecule has 0 spiro atoms. The standard InChI is InChI=1S/C19H15Br2NO4S/c1-2-26-15-9-14(21)7-12(17(15)23)8-16-18(24)22(19(25)27-16)10-11-3-5-13(20)6-4-11/h3-9,23H,2,10H2,1H3/b16-8-. The molecule has 140 valence electrons. The summed E-state index contributed by atoms with van der Waals surface area (Å²) in [6.45, 7) is 2.41. The van der Waals surface area contributed by atoms with Gasteiger partial charge < -0.3 is 9.84 Å². The van der Waals surface area contributed by atoms with Crippen molar-refractivity contribution in [3.63, 3.8) is 0 Å². The minimum absolute atomic E-state index is 0.0697. The number of hydrogen-bond acceptors (Lipinski definition) is 5. The van der Waals surface area contributed by atoms with Crippen molar-refractivity contribution < 1.29 is 19.4 Å². The largest absolute Gasteiger partial charge is 0.504 e. The lowest BCUT2D eigenvalue weighted by atomic mass is 10.1. The van der Waals surface area contributed by atoms with Crippen molar-refractivity contribution in [2.24, 2.45) is 0 Å². The van der Waals surface area contributed by atoms with Gasteiger partial charge in [-0.3, -0.25) is 14.5 Å². The van der Waals surface area contributed by atoms with Gasteiger partial charge in [-0.15, -0.1) is 0 Å². The Morgan fingerprint density at radius 2 is 1.85 bits per heavy atom. The van der Waals surface area contributed by atoms with Gasteiger partial charge in [0.05, 0.1) is 18.1 Å². The Morgan fingerprint density at radius 1 is 1.15 bits per heavy atom. The molecule has 2 aromatic carbocycles. The monoisotopic (exact) mass is 511 g/mol. The highest BCUT2D eigenvalue weighted by atomic mass is 79.9. The molecule has 0 bridgehead atoms. The molecule has 1 saturated heterocycles. The van der Waals surface area contributed by atoms with Crippen LogP contribution in [-0.2, 0) is 11.3 Å². The van der Waals surface area contributed by atoms with E-state index in [2.05, 4.69) is 31.9 Å². The minimum atomic E-state index is -0.384. The van der Waals surface area contributed by atoms with Crippen LogP contribution >= 0.6 is 43.6 Å². The van der Waals surface area contributed by atoms with E-state index in [4.69, 9.17) is 4.74 Å². The maximum Gasteiger partial charge on any atom is 0.293 e. The summed E-state index contributed by atoms with van der Waals surface area (Å²) in [4.78, 5) is 26.4. The van der Waals surface area contributed by atoms with E-state index in [1.165, 1.54) is 11.0 Å². The van der Waals surface area contributed by atoms with Gasteiger partial charge in [-0.2, -0.15) is 0 Å². The van der Waals surface area contributed by atoms with E-state index < -0.39 is 0 Å². The van der Waals surface area contributed by atoms with Crippen LogP contribution in [0.2, 0.25) is 0 Å². The number of thioether (sulfide) groups is 1. The number of hydrogen-bond donors (Lipinski definition) is 1. The molecule has 8 heteroatoms. The van der Waals surface area contributed by atoms with Crippen LogP contribution in [0.3, 0.4) is 0 Å². The summed E-state index contributed by atoms with van der Waals surface area (Å²) in [6.07, 6.45) is 1.51. The van der Waals surface area contributed by atoms with Gasteiger partial charge in [-0.05, 0) is 54.6 Å². The maximum absolute atomic E-state index is 12.7. The number of phenols is 1. The first-order valence-electron chi connectivity index (χ1n) is 8.04. The van der Waals surface area contributed by atoms with E-state index >= 15 is 0 Å². The van der Waals surface area contributed by atoms with Crippen molar-refractivity contribution in [3.05, 3.63) is 61.4 Å². The van der Waals surface area contributed by atoms with Gasteiger partial charge in [0, 0.05) is 14.5 Å². The first-order chi connectivity index (χ1) is 12.9. The highest BCUT2D eigenvalue weighted by Crippen LogP contribution is 2.39. The van der Waals surface area contributed by atoms with E-state index in [1.54, 1.807) is 12.1 Å². The van der Waals surface area contributed by atoms with Gasteiger partial charge in [-0.25, -0.2) is 0 Å². The number of benzene rings is 2. The first kappa shape index (κ1) is 20.0. The van der Waals surface area contributed by atoms with Crippen LogP contribution < -0.4 is 4.74 Å². The number of phenolic OH excluding ortho intramolecular Hbond substituents is 1. The minimum Gasteiger partial charge on any atom is -0.504 e. The van der Waals surface area contributed by atoms with Crippen LogP contribution in [0.1, 0.15) is 18.1 Å². The molecule has 0 aliphatic carbocycles. The van der Waals surface area contributed by atoms with Crippen molar-refractivity contribution >= 4 is 60.8 Å². The molecule has 5 nitrogen and oxygen atoms in total. The molecule has 27 heavy (non-hydrogen) atoms. The van der Waals surface area contributed by atoms with E-state index in [0.717, 1.165) is 21.8 Å². The quantitative estimate of drug-likeness (QED) is 0.532. The second-order valence-corrected chi connectivity index (χ2v) is 8.49. The van der Waals surface area contributed by atoms with E-state index in [1.807, 2.05) is 31.2 Å². The molecule has 1 fully saturated rings. The van der Waals surface area contributed by atoms with Crippen molar-refractivity contribution in [3.8, 4) is 11.5 Å². The average molecular weight is 513 g/mol. The van der Waals surface area contributed by atoms with Crippen LogP contribution in [0.5, 0.6) is 11.5 Å². The summed E-state index contributed by atoms with van der Waals surface area (Å²) in [5.74, 6) is -0.141. The number of aromatic hydroxyl groups is 1. The van der Waals surface area contributed by atoms with Crippen LogP contribution in [0.15, 0.2) is 50.2 Å². The van der Waals surface area contributed by atoms with Gasteiger partial charge in [-0.1, -0.05) is 44.0 Å². The third kappa shape index (κ3) is 4.56. The molecule has 2 amide bonds. The van der Waals surface area contributed by atoms with E-state index in [9.17, 15) is 14.7 Å². The molecule has 3 rings (SSSR count). The van der Waals surface area contributed by atoms with Crippen molar-refractivity contribution in [1.82, 2.24) is 4.90 Å². The lowest BCUT2D eigenvalue weighted by Gasteiger charge is -2.12. The van der Waals surface area contributed by atoms with Gasteiger partial charge in [0.2, 0.25) is 0 Å². The zero-order valence-corrected chi connectivity index (χ0v) is 18.2. The van der Waals surface area contributed by atoms with E-state index in [0.29, 0.717) is 22.4 Å². The number of halogens is 2. The molecule has 1 aliphatic heterocycles. The first-order valence-corrected chi connectivity index (χ1v) is 10.4. The zero-order valence-electron chi connectivity index (χ0n) is 14.2. The fraction of sp³-hybridized carbons (Fsp3) is 0.158. The molecule has 2 aromatic rings. The molecule has 0 atom stereocenters. The van der Waals surface area contributed by atoms with Crippen LogP contribution in [0.4, 0.5) is 4.79 Å². The number of carbonyl (C=O) groups excluding carboxylic acids is 2. The smallest absolute Gasteiger partial charge is 0.293 e. The lowest BCUT2D eigenvalue weighted by Crippen LogP contribution is -2.27. The van der Waals surface area contributed by atoms with Gasteiger partial charge in [0.25, 0.3) is 11.1 Å². The van der Waals surface area contributed by atoms with Crippen LogP contribution in [-0.4, -0.2) is 27.8 Å². The zero-order chi connectivity index (χ0) is 19.6. The molecular formula is C19H15Br2NO4S. The Morgan fingerprint density at radius 3 is 2.52 bits per heavy atom. The second kappa shape index (κ2) is 8.50. The molecule has 0 aromatic heterocycles. The lowest BCUT2D eigenvalue weighted by molar-refractivity contribution is -0.123. The number of rotatable bonds is 5. The predicted octanol–water partition coefficient (Wildman–Crippen LogP) is 5.55. The topological polar surface area (TPSA) is 66.8 Å². The number of nitrogens with zero attached hydrogens (tertiary/aromatic N) is 1. The second-order valence-electron chi connectivity index (χ2n) is 5.67. The average Bonchev–Trinajstić information content (AvgIpc) is 2.88. The fourth-order valence-corrected chi connectivity index (χ4v) is 4.07. The number of amides is 2. The highest BCUT2D eigenvalue weighted by Gasteiger charge is 2.35. The molecule has 0 saturated carbocycles. The summed E-state index contributed by atoms with van der Waals surface area (Å²) in [6, 6.07) is 10.7. The van der Waals surface area contributed by atoms with Gasteiger partial charge >= 0.3 is 0 Å². The third-order valence-corrected chi connectivity index (χ3v) is 5.68. The summed E-state index contributed by atoms with van der Waals surface area (Å²) in [5, 5.41) is 10.0. The number of carbonyl (C=O) groups is 2. The Labute approximate surface area is 177 Å². The summed E-state index contributed by atoms with van der Waals surface area (Å²) < 4.78 is 7.02. The Bertz CT molecular complexity index is 928. The molecule has 1 N–H and O–H groups in total. The maximum atomic E-state index is 12.7. The van der Waals surface area contributed by atoms with Crippen LogP contribution in [0, 0.1) is 0 Å². The SMILES string of the molecule is CCOc1cc(Br)cc(/C=C2\SC(=O)N(Cc3ccc(Br)cc3)C2=O)c1O. The Balaban J connectivity index is 1.87.